The van der Waals surface area contributed by atoms with E-state index in [4.69, 9.17) is 4.42 Å². The van der Waals surface area contributed by atoms with Crippen LogP contribution >= 0.6 is 0 Å². The number of carbonyl (C=O) groups is 1. The molecule has 0 spiro atoms. The van der Waals surface area contributed by atoms with E-state index in [0.717, 1.165) is 5.57 Å². The van der Waals surface area contributed by atoms with Gasteiger partial charge >= 0.3 is 5.63 Å². The van der Waals surface area contributed by atoms with Gasteiger partial charge in [0.05, 0.1) is 0 Å². The van der Waals surface area contributed by atoms with Gasteiger partial charge in [0.15, 0.2) is 0 Å². The van der Waals surface area contributed by atoms with E-state index in [0.29, 0.717) is 22.9 Å². The van der Waals surface area contributed by atoms with Gasteiger partial charge in [0, 0.05) is 17.0 Å². The smallest absolute Gasteiger partial charge is 0.360 e. The molecule has 6 heteroatoms. The SMILES string of the molecule is CC(C)=CCc1cc(C(=O)Nc2cc3ccc(O)cc3oc2=O)ccc1O. The topological polar surface area (TPSA) is 99.8 Å². The summed E-state index contributed by atoms with van der Waals surface area (Å²) in [5, 5.41) is 22.5. The molecule has 0 unspecified atom stereocenters. The lowest BCUT2D eigenvalue weighted by Crippen LogP contribution is -2.18. The molecule has 1 aromatic heterocycles. The lowest BCUT2D eigenvalue weighted by molar-refractivity contribution is 0.102. The molecule has 3 N–H and O–H groups in total. The van der Waals surface area contributed by atoms with E-state index < -0.39 is 11.5 Å². The summed E-state index contributed by atoms with van der Waals surface area (Å²) in [6, 6.07) is 10.4. The highest BCUT2D eigenvalue weighted by Gasteiger charge is 2.13. The van der Waals surface area contributed by atoms with Crippen LogP contribution < -0.4 is 10.9 Å². The van der Waals surface area contributed by atoms with Gasteiger partial charge in [-0.2, -0.15) is 0 Å². The Labute approximate surface area is 155 Å². The van der Waals surface area contributed by atoms with Crippen LogP contribution in [0.1, 0.15) is 29.8 Å². The molecule has 6 nitrogen and oxygen atoms in total. The Kier molecular flexibility index (Phi) is 4.98. The van der Waals surface area contributed by atoms with Crippen molar-refractivity contribution in [2.75, 3.05) is 5.32 Å². The maximum atomic E-state index is 12.5. The lowest BCUT2D eigenvalue weighted by atomic mass is 10.0. The zero-order valence-electron chi connectivity index (χ0n) is 14.9. The van der Waals surface area contributed by atoms with Crippen molar-refractivity contribution in [1.29, 1.82) is 0 Å². The molecular weight excluding hydrogens is 346 g/mol. The van der Waals surface area contributed by atoms with Crippen LogP contribution in [-0.2, 0) is 6.42 Å². The fraction of sp³-hybridized carbons (Fsp3) is 0.143. The third kappa shape index (κ3) is 4.17. The zero-order chi connectivity index (χ0) is 19.6. The second kappa shape index (κ2) is 7.37. The first kappa shape index (κ1) is 18.3. The number of allylic oxidation sites excluding steroid dienone is 2. The Morgan fingerprint density at radius 2 is 1.89 bits per heavy atom. The summed E-state index contributed by atoms with van der Waals surface area (Å²) in [4.78, 5) is 24.6. The molecule has 0 aliphatic heterocycles. The van der Waals surface area contributed by atoms with Crippen LogP contribution in [0.3, 0.4) is 0 Å². The predicted molar refractivity (Wildman–Crippen MR) is 103 cm³/mol. The summed E-state index contributed by atoms with van der Waals surface area (Å²) in [6.07, 6.45) is 2.45. The molecule has 0 radical (unpaired) electrons. The Morgan fingerprint density at radius 1 is 1.11 bits per heavy atom. The first-order valence-electron chi connectivity index (χ1n) is 8.37. The zero-order valence-corrected chi connectivity index (χ0v) is 14.9. The number of phenolic OH excluding ortho intramolecular Hbond substituents is 2. The maximum absolute atomic E-state index is 12.5. The van der Waals surface area contributed by atoms with Gasteiger partial charge in [0.2, 0.25) is 0 Å². The molecule has 3 aromatic rings. The maximum Gasteiger partial charge on any atom is 0.360 e. The summed E-state index contributed by atoms with van der Waals surface area (Å²) in [7, 11) is 0. The standard InChI is InChI=1S/C21H19NO5/c1-12(2)3-4-13-9-15(6-8-18(13)24)20(25)22-17-10-14-5-7-16(23)11-19(14)27-21(17)26/h3,5-11,23-24H,4H2,1-2H3,(H,22,25). The molecule has 0 fully saturated rings. The number of rotatable bonds is 4. The fourth-order valence-corrected chi connectivity index (χ4v) is 2.59. The van der Waals surface area contributed by atoms with E-state index in [-0.39, 0.29) is 22.8 Å². The van der Waals surface area contributed by atoms with Gasteiger partial charge in [-0.25, -0.2) is 4.79 Å². The third-order valence-electron chi connectivity index (χ3n) is 4.04. The van der Waals surface area contributed by atoms with Gasteiger partial charge in [-0.15, -0.1) is 0 Å². The molecule has 2 aromatic carbocycles. The first-order chi connectivity index (χ1) is 12.8. The normalized spacial score (nSPS) is 10.6. The Morgan fingerprint density at radius 3 is 2.63 bits per heavy atom. The molecule has 27 heavy (non-hydrogen) atoms. The van der Waals surface area contributed by atoms with Crippen LogP contribution in [-0.4, -0.2) is 16.1 Å². The van der Waals surface area contributed by atoms with Crippen molar-refractivity contribution in [2.45, 2.75) is 20.3 Å². The summed E-state index contributed by atoms with van der Waals surface area (Å²) in [5.74, 6) is -0.400. The van der Waals surface area contributed by atoms with Crippen LogP contribution in [0.15, 0.2) is 63.3 Å². The fourth-order valence-electron chi connectivity index (χ4n) is 2.59. The molecule has 1 heterocycles. The molecule has 3 rings (SSSR count). The van der Waals surface area contributed by atoms with Gasteiger partial charge < -0.3 is 19.9 Å². The third-order valence-corrected chi connectivity index (χ3v) is 4.04. The van der Waals surface area contributed by atoms with Crippen LogP contribution in [0.5, 0.6) is 11.5 Å². The highest BCUT2D eigenvalue weighted by molar-refractivity contribution is 6.05. The van der Waals surface area contributed by atoms with Crippen molar-refractivity contribution in [1.82, 2.24) is 0 Å². The van der Waals surface area contributed by atoms with E-state index in [1.807, 2.05) is 19.9 Å². The van der Waals surface area contributed by atoms with Crippen LogP contribution in [0.2, 0.25) is 0 Å². The largest absolute Gasteiger partial charge is 0.508 e. The molecule has 0 aliphatic carbocycles. The lowest BCUT2D eigenvalue weighted by Gasteiger charge is -2.08. The Bertz CT molecular complexity index is 1110. The van der Waals surface area contributed by atoms with Gasteiger partial charge in [0.1, 0.15) is 22.8 Å². The number of anilines is 1. The van der Waals surface area contributed by atoms with Gasteiger partial charge in [-0.05, 0) is 62.2 Å². The van der Waals surface area contributed by atoms with Crippen molar-refractivity contribution in [3.63, 3.8) is 0 Å². The highest BCUT2D eigenvalue weighted by Crippen LogP contribution is 2.23. The molecule has 138 valence electrons. The number of benzene rings is 2. The number of aromatic hydroxyl groups is 2. The van der Waals surface area contributed by atoms with E-state index in [9.17, 15) is 19.8 Å². The highest BCUT2D eigenvalue weighted by atomic mass is 16.4. The molecule has 0 bridgehead atoms. The summed E-state index contributed by atoms with van der Waals surface area (Å²) in [5.41, 5.74) is 1.54. The van der Waals surface area contributed by atoms with E-state index in [2.05, 4.69) is 5.32 Å². The molecule has 1 amide bonds. The molecule has 0 saturated carbocycles. The van der Waals surface area contributed by atoms with Crippen LogP contribution in [0.25, 0.3) is 11.0 Å². The Balaban J connectivity index is 1.89. The second-order valence-corrected chi connectivity index (χ2v) is 6.45. The van der Waals surface area contributed by atoms with Crippen molar-refractivity contribution < 1.29 is 19.4 Å². The minimum atomic E-state index is -0.718. The minimum absolute atomic E-state index is 0.00267. The Hall–Kier alpha value is -3.54. The molecule has 0 saturated heterocycles. The number of nitrogens with one attached hydrogen (secondary N) is 1. The van der Waals surface area contributed by atoms with Crippen LogP contribution in [0, 0.1) is 0 Å². The summed E-state index contributed by atoms with van der Waals surface area (Å²) >= 11 is 0. The minimum Gasteiger partial charge on any atom is -0.508 e. The van der Waals surface area contributed by atoms with Crippen molar-refractivity contribution in [3.8, 4) is 11.5 Å². The number of carbonyl (C=O) groups excluding carboxylic acids is 1. The quantitative estimate of drug-likeness (QED) is 0.480. The summed E-state index contributed by atoms with van der Waals surface area (Å²) < 4.78 is 5.14. The van der Waals surface area contributed by atoms with Gasteiger partial charge in [-0.3, -0.25) is 4.79 Å². The van der Waals surface area contributed by atoms with Crippen molar-refractivity contribution in [3.05, 3.63) is 75.7 Å². The number of hydrogen-bond donors (Lipinski definition) is 3. The van der Waals surface area contributed by atoms with Crippen molar-refractivity contribution >= 4 is 22.6 Å². The van der Waals surface area contributed by atoms with Crippen molar-refractivity contribution in [2.24, 2.45) is 0 Å². The van der Waals surface area contributed by atoms with Gasteiger partial charge in [-0.1, -0.05) is 11.6 Å². The monoisotopic (exact) mass is 365 g/mol. The average molecular weight is 365 g/mol. The molecule has 0 atom stereocenters. The number of phenols is 2. The number of amides is 1. The number of hydrogen-bond acceptors (Lipinski definition) is 5. The first-order valence-corrected chi connectivity index (χ1v) is 8.37. The van der Waals surface area contributed by atoms with E-state index in [1.165, 1.54) is 30.3 Å². The molecule has 0 aliphatic rings. The predicted octanol–water partition coefficient (Wildman–Crippen LogP) is 3.97. The van der Waals surface area contributed by atoms with E-state index in [1.54, 1.807) is 12.1 Å². The summed E-state index contributed by atoms with van der Waals surface area (Å²) in [6.45, 7) is 3.90. The average Bonchev–Trinajstić information content (AvgIpc) is 2.61. The number of fused-ring (bicyclic) bond motifs is 1. The molecular formula is C21H19NO5. The second-order valence-electron chi connectivity index (χ2n) is 6.45. The van der Waals surface area contributed by atoms with Gasteiger partial charge in [0.25, 0.3) is 5.91 Å². The van der Waals surface area contributed by atoms with Crippen LogP contribution in [0.4, 0.5) is 5.69 Å². The van der Waals surface area contributed by atoms with E-state index >= 15 is 0 Å².